The first-order chi connectivity index (χ1) is 7.29. The standard InChI is InChI=1S/C11H13N3S/c12-7-10-9(13)5-6-11(14-10)15-8-3-1-2-4-8/h5-6,8H,1-4,13H2. The third-order valence-electron chi connectivity index (χ3n) is 2.60. The summed E-state index contributed by atoms with van der Waals surface area (Å²) in [7, 11) is 0. The molecule has 1 aromatic rings. The van der Waals surface area contributed by atoms with Gasteiger partial charge in [-0.05, 0) is 25.0 Å². The minimum atomic E-state index is 0.345. The predicted molar refractivity (Wildman–Crippen MR) is 61.5 cm³/mol. The van der Waals surface area contributed by atoms with E-state index < -0.39 is 0 Å². The lowest BCUT2D eigenvalue weighted by atomic mass is 10.3. The molecule has 0 radical (unpaired) electrons. The number of nitrogens with two attached hydrogens (primary N) is 1. The highest BCUT2D eigenvalue weighted by Crippen LogP contribution is 2.34. The summed E-state index contributed by atoms with van der Waals surface area (Å²) in [6.45, 7) is 0. The van der Waals surface area contributed by atoms with Gasteiger partial charge in [-0.3, -0.25) is 0 Å². The number of hydrogen-bond acceptors (Lipinski definition) is 4. The third-order valence-corrected chi connectivity index (χ3v) is 3.87. The molecule has 0 spiro atoms. The van der Waals surface area contributed by atoms with Crippen molar-refractivity contribution >= 4 is 17.4 Å². The first-order valence-electron chi connectivity index (χ1n) is 5.13. The topological polar surface area (TPSA) is 62.7 Å². The Morgan fingerprint density at radius 2 is 2.13 bits per heavy atom. The molecule has 2 rings (SSSR count). The number of hydrogen-bond donors (Lipinski definition) is 1. The lowest BCUT2D eigenvalue weighted by Crippen LogP contribution is -1.98. The van der Waals surface area contributed by atoms with E-state index in [0.717, 1.165) is 5.03 Å². The molecule has 1 aromatic heterocycles. The van der Waals surface area contributed by atoms with Crippen LogP contribution in [0.3, 0.4) is 0 Å². The largest absolute Gasteiger partial charge is 0.396 e. The quantitative estimate of drug-likeness (QED) is 0.830. The summed E-state index contributed by atoms with van der Waals surface area (Å²) >= 11 is 1.77. The molecule has 1 heterocycles. The minimum Gasteiger partial charge on any atom is -0.396 e. The van der Waals surface area contributed by atoms with Crippen molar-refractivity contribution in [3.63, 3.8) is 0 Å². The average molecular weight is 219 g/mol. The van der Waals surface area contributed by atoms with Crippen LogP contribution in [0.25, 0.3) is 0 Å². The fourth-order valence-corrected chi connectivity index (χ4v) is 2.99. The van der Waals surface area contributed by atoms with Crippen LogP contribution >= 0.6 is 11.8 Å². The van der Waals surface area contributed by atoms with Crippen LogP contribution in [-0.4, -0.2) is 10.2 Å². The van der Waals surface area contributed by atoms with Gasteiger partial charge in [-0.25, -0.2) is 4.98 Å². The molecular weight excluding hydrogens is 206 g/mol. The first-order valence-corrected chi connectivity index (χ1v) is 6.01. The molecule has 0 atom stereocenters. The Balaban J connectivity index is 2.11. The van der Waals surface area contributed by atoms with Crippen LogP contribution in [0.1, 0.15) is 31.4 Å². The maximum absolute atomic E-state index is 8.80. The van der Waals surface area contributed by atoms with Crippen LogP contribution in [0.4, 0.5) is 5.69 Å². The van der Waals surface area contributed by atoms with Crippen LogP contribution in [0.2, 0.25) is 0 Å². The van der Waals surface area contributed by atoms with E-state index in [1.165, 1.54) is 25.7 Å². The number of rotatable bonds is 2. The van der Waals surface area contributed by atoms with Crippen molar-refractivity contribution in [3.8, 4) is 6.07 Å². The molecule has 3 nitrogen and oxygen atoms in total. The fraction of sp³-hybridized carbons (Fsp3) is 0.455. The molecule has 0 saturated heterocycles. The van der Waals surface area contributed by atoms with Crippen LogP contribution < -0.4 is 5.73 Å². The Kier molecular flexibility index (Phi) is 3.12. The molecule has 0 amide bonds. The summed E-state index contributed by atoms with van der Waals surface area (Å²) in [6, 6.07) is 5.68. The van der Waals surface area contributed by atoms with Gasteiger partial charge in [-0.2, -0.15) is 5.26 Å². The monoisotopic (exact) mass is 219 g/mol. The van der Waals surface area contributed by atoms with E-state index in [-0.39, 0.29) is 0 Å². The van der Waals surface area contributed by atoms with Gasteiger partial charge in [0.05, 0.1) is 10.7 Å². The van der Waals surface area contributed by atoms with Gasteiger partial charge in [0.25, 0.3) is 0 Å². The van der Waals surface area contributed by atoms with E-state index in [1.54, 1.807) is 17.8 Å². The van der Waals surface area contributed by atoms with Crippen LogP contribution in [0.5, 0.6) is 0 Å². The summed E-state index contributed by atoms with van der Waals surface area (Å²) in [5.41, 5.74) is 6.43. The van der Waals surface area contributed by atoms with Gasteiger partial charge >= 0.3 is 0 Å². The minimum absolute atomic E-state index is 0.345. The van der Waals surface area contributed by atoms with E-state index in [9.17, 15) is 0 Å². The van der Waals surface area contributed by atoms with Crippen molar-refractivity contribution in [1.29, 1.82) is 5.26 Å². The fourth-order valence-electron chi connectivity index (χ4n) is 1.78. The number of anilines is 1. The van der Waals surface area contributed by atoms with Gasteiger partial charge in [0.1, 0.15) is 6.07 Å². The Morgan fingerprint density at radius 1 is 1.40 bits per heavy atom. The van der Waals surface area contributed by atoms with Crippen molar-refractivity contribution in [2.45, 2.75) is 36.0 Å². The van der Waals surface area contributed by atoms with Crippen molar-refractivity contribution in [1.82, 2.24) is 4.98 Å². The molecule has 0 aromatic carbocycles. The third kappa shape index (κ3) is 2.42. The number of aromatic nitrogens is 1. The molecular formula is C11H13N3S. The highest BCUT2D eigenvalue weighted by atomic mass is 32.2. The number of nitriles is 1. The van der Waals surface area contributed by atoms with Crippen molar-refractivity contribution < 1.29 is 0 Å². The highest BCUT2D eigenvalue weighted by molar-refractivity contribution is 7.99. The molecule has 2 N–H and O–H groups in total. The van der Waals surface area contributed by atoms with E-state index in [4.69, 9.17) is 11.0 Å². The molecule has 1 saturated carbocycles. The summed E-state index contributed by atoms with van der Waals surface area (Å²) in [5.74, 6) is 0. The van der Waals surface area contributed by atoms with E-state index in [0.29, 0.717) is 16.6 Å². The summed E-state index contributed by atoms with van der Waals surface area (Å²) in [5, 5.41) is 10.4. The number of nitrogens with zero attached hydrogens (tertiary/aromatic N) is 2. The van der Waals surface area contributed by atoms with Crippen LogP contribution in [0.15, 0.2) is 17.2 Å². The molecule has 78 valence electrons. The molecule has 4 heteroatoms. The second-order valence-electron chi connectivity index (χ2n) is 3.72. The molecule has 1 fully saturated rings. The first kappa shape index (κ1) is 10.3. The molecule has 15 heavy (non-hydrogen) atoms. The van der Waals surface area contributed by atoms with Gasteiger partial charge in [-0.1, -0.05) is 12.8 Å². The van der Waals surface area contributed by atoms with Gasteiger partial charge < -0.3 is 5.73 Å². The van der Waals surface area contributed by atoms with Crippen molar-refractivity contribution in [2.24, 2.45) is 0 Å². The van der Waals surface area contributed by atoms with Crippen molar-refractivity contribution in [3.05, 3.63) is 17.8 Å². The van der Waals surface area contributed by atoms with Crippen molar-refractivity contribution in [2.75, 3.05) is 5.73 Å². The molecule has 1 aliphatic carbocycles. The van der Waals surface area contributed by atoms with E-state index in [1.807, 2.05) is 12.1 Å². The van der Waals surface area contributed by atoms with Gasteiger partial charge in [-0.15, -0.1) is 11.8 Å². The van der Waals surface area contributed by atoms with Crippen LogP contribution in [-0.2, 0) is 0 Å². The Hall–Kier alpha value is -1.21. The zero-order valence-electron chi connectivity index (χ0n) is 8.44. The second-order valence-corrected chi connectivity index (χ2v) is 5.04. The van der Waals surface area contributed by atoms with Gasteiger partial charge in [0.15, 0.2) is 5.69 Å². The smallest absolute Gasteiger partial charge is 0.164 e. The van der Waals surface area contributed by atoms with Crippen LogP contribution in [0, 0.1) is 11.3 Å². The Morgan fingerprint density at radius 3 is 2.80 bits per heavy atom. The maximum atomic E-state index is 8.80. The number of pyridine rings is 1. The average Bonchev–Trinajstić information content (AvgIpc) is 2.73. The SMILES string of the molecule is N#Cc1nc(SC2CCCC2)ccc1N. The second kappa shape index (κ2) is 4.54. The lowest BCUT2D eigenvalue weighted by molar-refractivity contribution is 0.886. The van der Waals surface area contributed by atoms with E-state index in [2.05, 4.69) is 4.98 Å². The van der Waals surface area contributed by atoms with Gasteiger partial charge in [0, 0.05) is 5.25 Å². The highest BCUT2D eigenvalue weighted by Gasteiger charge is 2.17. The zero-order valence-corrected chi connectivity index (χ0v) is 9.26. The maximum Gasteiger partial charge on any atom is 0.164 e. The molecule has 0 unspecified atom stereocenters. The zero-order chi connectivity index (χ0) is 10.7. The summed E-state index contributed by atoms with van der Waals surface area (Å²) < 4.78 is 0. The number of nitrogen functional groups attached to an aromatic ring is 1. The normalized spacial score (nSPS) is 16.5. The molecule has 0 aliphatic heterocycles. The lowest BCUT2D eigenvalue weighted by Gasteiger charge is -2.08. The summed E-state index contributed by atoms with van der Waals surface area (Å²) in [6.07, 6.45) is 5.16. The molecule has 1 aliphatic rings. The molecule has 0 bridgehead atoms. The Labute approximate surface area is 93.7 Å². The van der Waals surface area contributed by atoms with E-state index >= 15 is 0 Å². The Bertz CT molecular complexity index is 391. The predicted octanol–water partition coefficient (Wildman–Crippen LogP) is 2.57. The van der Waals surface area contributed by atoms with Gasteiger partial charge in [0.2, 0.25) is 0 Å². The summed E-state index contributed by atoms with van der Waals surface area (Å²) in [4.78, 5) is 4.23. The number of thioether (sulfide) groups is 1.